The molecule has 80 valence electrons. The van der Waals surface area contributed by atoms with E-state index in [4.69, 9.17) is 4.74 Å². The molecule has 0 atom stereocenters. The van der Waals surface area contributed by atoms with Crippen LogP contribution in [0.1, 0.15) is 31.7 Å². The van der Waals surface area contributed by atoms with Crippen LogP contribution in [0.4, 0.5) is 0 Å². The highest BCUT2D eigenvalue weighted by Gasteiger charge is 2.20. The first-order chi connectivity index (χ1) is 7.25. The first kappa shape index (κ1) is 10.2. The van der Waals surface area contributed by atoms with Crippen LogP contribution in [0.15, 0.2) is 24.3 Å². The topological polar surface area (TPSA) is 26.3 Å². The maximum absolute atomic E-state index is 11.1. The van der Waals surface area contributed by atoms with E-state index < -0.39 is 0 Å². The molecule has 0 radical (unpaired) electrons. The molecule has 0 aliphatic heterocycles. The summed E-state index contributed by atoms with van der Waals surface area (Å²) in [6.45, 7) is 1.61. The number of ketones is 1. The first-order valence-corrected chi connectivity index (χ1v) is 5.49. The SMILES string of the molecule is CC(=O)Cc1ccccc1OC1CCC1. The minimum absolute atomic E-state index is 0.180. The molecule has 1 saturated carbocycles. The Morgan fingerprint density at radius 2 is 2.13 bits per heavy atom. The number of carbonyl (C=O) groups is 1. The van der Waals surface area contributed by atoms with Crippen molar-refractivity contribution in [1.82, 2.24) is 0 Å². The molecule has 1 aliphatic carbocycles. The molecule has 2 rings (SSSR count). The van der Waals surface area contributed by atoms with Gasteiger partial charge in [-0.05, 0) is 32.3 Å². The van der Waals surface area contributed by atoms with Crippen molar-refractivity contribution in [2.45, 2.75) is 38.7 Å². The molecule has 0 unspecified atom stereocenters. The number of Topliss-reactive ketones (excluding diaryl/α,β-unsaturated/α-hetero) is 1. The summed E-state index contributed by atoms with van der Waals surface area (Å²) in [5.41, 5.74) is 1.01. The van der Waals surface area contributed by atoms with Crippen molar-refractivity contribution in [3.05, 3.63) is 29.8 Å². The molecule has 0 heterocycles. The van der Waals surface area contributed by atoms with Gasteiger partial charge in [0.25, 0.3) is 0 Å². The highest BCUT2D eigenvalue weighted by atomic mass is 16.5. The van der Waals surface area contributed by atoms with Crippen LogP contribution in [0, 0.1) is 0 Å². The quantitative estimate of drug-likeness (QED) is 0.753. The van der Waals surface area contributed by atoms with E-state index in [1.165, 1.54) is 6.42 Å². The third-order valence-corrected chi connectivity index (χ3v) is 2.76. The van der Waals surface area contributed by atoms with Crippen LogP contribution in [0.3, 0.4) is 0 Å². The van der Waals surface area contributed by atoms with E-state index >= 15 is 0 Å². The smallest absolute Gasteiger partial charge is 0.134 e. The van der Waals surface area contributed by atoms with Gasteiger partial charge >= 0.3 is 0 Å². The Labute approximate surface area is 90.3 Å². The number of hydrogen-bond acceptors (Lipinski definition) is 2. The molecule has 1 aromatic rings. The van der Waals surface area contributed by atoms with Crippen molar-refractivity contribution >= 4 is 5.78 Å². The summed E-state index contributed by atoms with van der Waals surface area (Å²) in [6.07, 6.45) is 4.41. The summed E-state index contributed by atoms with van der Waals surface area (Å²) in [4.78, 5) is 11.1. The zero-order valence-electron chi connectivity index (χ0n) is 9.03. The fourth-order valence-corrected chi connectivity index (χ4v) is 1.70. The molecule has 0 bridgehead atoms. The van der Waals surface area contributed by atoms with Crippen LogP contribution >= 0.6 is 0 Å². The van der Waals surface area contributed by atoms with E-state index in [0.717, 1.165) is 24.2 Å². The van der Waals surface area contributed by atoms with Crippen molar-refractivity contribution in [2.75, 3.05) is 0 Å². The fraction of sp³-hybridized carbons (Fsp3) is 0.462. The third kappa shape index (κ3) is 2.58. The van der Waals surface area contributed by atoms with Crippen LogP contribution in [-0.2, 0) is 11.2 Å². The summed E-state index contributed by atoms with van der Waals surface area (Å²) in [6, 6.07) is 7.83. The number of para-hydroxylation sites is 1. The van der Waals surface area contributed by atoms with E-state index in [2.05, 4.69) is 0 Å². The van der Waals surface area contributed by atoms with Crippen molar-refractivity contribution in [3.8, 4) is 5.75 Å². The summed E-state index contributed by atoms with van der Waals surface area (Å²) in [5, 5.41) is 0. The maximum Gasteiger partial charge on any atom is 0.134 e. The van der Waals surface area contributed by atoms with Gasteiger partial charge in [-0.25, -0.2) is 0 Å². The van der Waals surface area contributed by atoms with Crippen molar-refractivity contribution in [1.29, 1.82) is 0 Å². The lowest BCUT2D eigenvalue weighted by Gasteiger charge is -2.27. The largest absolute Gasteiger partial charge is 0.490 e. The van der Waals surface area contributed by atoms with Crippen LogP contribution in [0.25, 0.3) is 0 Å². The van der Waals surface area contributed by atoms with Gasteiger partial charge in [0.15, 0.2) is 0 Å². The highest BCUT2D eigenvalue weighted by Crippen LogP contribution is 2.27. The molecule has 0 aromatic heterocycles. The van der Waals surface area contributed by atoms with Gasteiger partial charge in [0.1, 0.15) is 11.5 Å². The van der Waals surface area contributed by atoms with Crippen LogP contribution < -0.4 is 4.74 Å². The number of hydrogen-bond donors (Lipinski definition) is 0. The molecular formula is C13H16O2. The minimum atomic E-state index is 0.180. The second-order valence-corrected chi connectivity index (χ2v) is 4.16. The van der Waals surface area contributed by atoms with Crippen molar-refractivity contribution < 1.29 is 9.53 Å². The minimum Gasteiger partial charge on any atom is -0.490 e. The maximum atomic E-state index is 11.1. The van der Waals surface area contributed by atoms with E-state index in [0.29, 0.717) is 12.5 Å². The second-order valence-electron chi connectivity index (χ2n) is 4.16. The summed E-state index contributed by atoms with van der Waals surface area (Å²) < 4.78 is 5.83. The third-order valence-electron chi connectivity index (χ3n) is 2.76. The molecular weight excluding hydrogens is 188 g/mol. The molecule has 1 aromatic carbocycles. The van der Waals surface area contributed by atoms with Crippen LogP contribution in [0.5, 0.6) is 5.75 Å². The van der Waals surface area contributed by atoms with Crippen molar-refractivity contribution in [2.24, 2.45) is 0 Å². The summed E-state index contributed by atoms with van der Waals surface area (Å²) in [7, 11) is 0. The Balaban J connectivity index is 2.09. The molecule has 0 spiro atoms. The molecule has 1 fully saturated rings. The van der Waals surface area contributed by atoms with E-state index in [9.17, 15) is 4.79 Å². The van der Waals surface area contributed by atoms with Gasteiger partial charge in [-0.2, -0.15) is 0 Å². The molecule has 15 heavy (non-hydrogen) atoms. The highest BCUT2D eigenvalue weighted by molar-refractivity contribution is 5.78. The molecule has 2 heteroatoms. The Morgan fingerprint density at radius 1 is 1.40 bits per heavy atom. The van der Waals surface area contributed by atoms with Crippen LogP contribution in [-0.4, -0.2) is 11.9 Å². The average Bonchev–Trinajstić information content (AvgIpc) is 2.13. The summed E-state index contributed by atoms with van der Waals surface area (Å²) in [5.74, 6) is 1.07. The van der Waals surface area contributed by atoms with Gasteiger partial charge in [0.05, 0.1) is 6.10 Å². The van der Waals surface area contributed by atoms with Gasteiger partial charge in [0, 0.05) is 12.0 Å². The predicted molar refractivity (Wildman–Crippen MR) is 59.1 cm³/mol. The molecule has 0 saturated heterocycles. The van der Waals surface area contributed by atoms with E-state index in [1.54, 1.807) is 6.92 Å². The lowest BCUT2D eigenvalue weighted by atomic mass is 9.96. The van der Waals surface area contributed by atoms with E-state index in [-0.39, 0.29) is 5.78 Å². The van der Waals surface area contributed by atoms with Gasteiger partial charge < -0.3 is 4.74 Å². The Morgan fingerprint density at radius 3 is 2.73 bits per heavy atom. The van der Waals surface area contributed by atoms with Crippen molar-refractivity contribution in [3.63, 3.8) is 0 Å². The average molecular weight is 204 g/mol. The van der Waals surface area contributed by atoms with Gasteiger partial charge in [-0.1, -0.05) is 18.2 Å². The zero-order chi connectivity index (χ0) is 10.7. The first-order valence-electron chi connectivity index (χ1n) is 5.49. The Bertz CT molecular complexity index is 353. The molecule has 0 amide bonds. The second kappa shape index (κ2) is 4.47. The molecule has 1 aliphatic rings. The number of benzene rings is 1. The van der Waals surface area contributed by atoms with Gasteiger partial charge in [-0.3, -0.25) is 4.79 Å². The van der Waals surface area contributed by atoms with Gasteiger partial charge in [-0.15, -0.1) is 0 Å². The Hall–Kier alpha value is -1.31. The monoisotopic (exact) mass is 204 g/mol. The fourth-order valence-electron chi connectivity index (χ4n) is 1.70. The lowest BCUT2D eigenvalue weighted by Crippen LogP contribution is -2.25. The number of ether oxygens (including phenoxy) is 1. The number of rotatable bonds is 4. The van der Waals surface area contributed by atoms with E-state index in [1.807, 2.05) is 24.3 Å². The Kier molecular flexibility index (Phi) is 3.05. The standard InChI is InChI=1S/C13H16O2/c1-10(14)9-11-5-2-3-8-13(11)15-12-6-4-7-12/h2-3,5,8,12H,4,6-7,9H2,1H3. The van der Waals surface area contributed by atoms with Gasteiger partial charge in [0.2, 0.25) is 0 Å². The lowest BCUT2D eigenvalue weighted by molar-refractivity contribution is -0.116. The summed E-state index contributed by atoms with van der Waals surface area (Å²) >= 11 is 0. The predicted octanol–water partition coefficient (Wildman–Crippen LogP) is 2.75. The molecule has 2 nitrogen and oxygen atoms in total. The van der Waals surface area contributed by atoms with Crippen LogP contribution in [0.2, 0.25) is 0 Å². The number of carbonyl (C=O) groups excluding carboxylic acids is 1. The molecule has 0 N–H and O–H groups in total. The normalized spacial score (nSPS) is 15.8. The zero-order valence-corrected chi connectivity index (χ0v) is 9.03.